The van der Waals surface area contributed by atoms with Crippen LogP contribution in [0.15, 0.2) is 12.1 Å². The standard InChI is InChI=1S/C24H31NO5.ClH/c1-2-3-12-29-24-9-8-18(27)22-23(24)10-11-25(28,14-15-4-5-15)19(24)13-16-6-7-17(26)21(30-22)20(16)23;/h6-7,15,19,22,26H,2-5,8-14H2,1H3;1H/t19-,22+,23+,24?,25+;/m1./s1. The predicted molar refractivity (Wildman–Crippen MR) is 117 cm³/mol. The van der Waals surface area contributed by atoms with Crippen molar-refractivity contribution in [3.63, 3.8) is 0 Å². The molecule has 1 unspecified atom stereocenters. The summed E-state index contributed by atoms with van der Waals surface area (Å²) in [7, 11) is 0. The summed E-state index contributed by atoms with van der Waals surface area (Å²) in [5, 5.41) is 24.9. The van der Waals surface area contributed by atoms with Gasteiger partial charge in [-0.15, -0.1) is 12.4 Å². The van der Waals surface area contributed by atoms with Gasteiger partial charge in [0.05, 0.1) is 18.5 Å². The van der Waals surface area contributed by atoms with E-state index in [4.69, 9.17) is 9.47 Å². The molecular formula is C24H32ClNO5. The summed E-state index contributed by atoms with van der Waals surface area (Å²) in [6.07, 6.45) is 5.81. The predicted octanol–water partition coefficient (Wildman–Crippen LogP) is 3.78. The Morgan fingerprint density at radius 2 is 2.13 bits per heavy atom. The highest BCUT2D eigenvalue weighted by atomic mass is 35.5. The normalized spacial score (nSPS) is 39.5. The van der Waals surface area contributed by atoms with E-state index in [1.54, 1.807) is 6.07 Å². The van der Waals surface area contributed by atoms with Crippen molar-refractivity contribution in [2.24, 2.45) is 5.92 Å². The molecule has 1 saturated heterocycles. The minimum absolute atomic E-state index is 0. The molecule has 2 aliphatic heterocycles. The number of aromatic hydroxyl groups is 1. The molecule has 5 aliphatic rings. The van der Waals surface area contributed by atoms with E-state index in [-0.39, 0.29) is 34.6 Å². The van der Waals surface area contributed by atoms with Crippen molar-refractivity contribution in [2.75, 3.05) is 19.7 Å². The fraction of sp³-hybridized carbons (Fsp3) is 0.708. The van der Waals surface area contributed by atoms with Crippen molar-refractivity contribution in [3.8, 4) is 11.5 Å². The molecule has 0 radical (unpaired) electrons. The summed E-state index contributed by atoms with van der Waals surface area (Å²) < 4.78 is 12.8. The van der Waals surface area contributed by atoms with Crippen LogP contribution in [0.5, 0.6) is 11.5 Å². The van der Waals surface area contributed by atoms with Crippen molar-refractivity contribution in [3.05, 3.63) is 28.5 Å². The molecule has 7 heteroatoms. The lowest BCUT2D eigenvalue weighted by atomic mass is 9.48. The molecule has 2 saturated carbocycles. The van der Waals surface area contributed by atoms with Crippen LogP contribution in [0, 0.1) is 11.1 Å². The molecule has 31 heavy (non-hydrogen) atoms. The molecule has 6 nitrogen and oxygen atoms in total. The first kappa shape index (κ1) is 21.5. The minimum Gasteiger partial charge on any atom is -0.632 e. The third-order valence-electron chi connectivity index (χ3n) is 8.67. The molecule has 1 aromatic rings. The van der Waals surface area contributed by atoms with Crippen LogP contribution in [0.1, 0.15) is 63.0 Å². The molecule has 0 aromatic heterocycles. The Labute approximate surface area is 189 Å². The second-order valence-corrected chi connectivity index (χ2v) is 10.2. The molecule has 3 fully saturated rings. The van der Waals surface area contributed by atoms with Crippen molar-refractivity contribution in [1.29, 1.82) is 0 Å². The van der Waals surface area contributed by atoms with Gasteiger partial charge in [-0.05, 0) is 37.3 Å². The average molecular weight is 450 g/mol. The largest absolute Gasteiger partial charge is 0.632 e. The van der Waals surface area contributed by atoms with Crippen LogP contribution in [-0.4, -0.2) is 53.0 Å². The van der Waals surface area contributed by atoms with Gasteiger partial charge in [-0.1, -0.05) is 19.4 Å². The number of carbonyl (C=O) groups is 1. The molecule has 5 atom stereocenters. The number of piperidine rings is 1. The summed E-state index contributed by atoms with van der Waals surface area (Å²) in [4.78, 5) is 13.1. The number of phenols is 1. The highest BCUT2D eigenvalue weighted by Gasteiger charge is 2.77. The zero-order valence-electron chi connectivity index (χ0n) is 18.1. The lowest BCUT2D eigenvalue weighted by Gasteiger charge is -2.68. The Morgan fingerprint density at radius 1 is 1.32 bits per heavy atom. The van der Waals surface area contributed by atoms with Crippen molar-refractivity contribution in [1.82, 2.24) is 0 Å². The van der Waals surface area contributed by atoms with Crippen molar-refractivity contribution in [2.45, 2.75) is 81.5 Å². The number of hydrogen-bond donors (Lipinski definition) is 1. The van der Waals surface area contributed by atoms with Crippen LogP contribution in [0.3, 0.4) is 0 Å². The third-order valence-corrected chi connectivity index (χ3v) is 8.67. The van der Waals surface area contributed by atoms with E-state index >= 15 is 0 Å². The fourth-order valence-corrected chi connectivity index (χ4v) is 7.20. The average Bonchev–Trinajstić information content (AvgIpc) is 3.45. The van der Waals surface area contributed by atoms with Gasteiger partial charge in [0.1, 0.15) is 11.6 Å². The molecule has 6 rings (SSSR count). The number of ether oxygens (including phenoxy) is 2. The van der Waals surface area contributed by atoms with Crippen molar-refractivity contribution >= 4 is 18.2 Å². The molecule has 1 N–H and O–H groups in total. The van der Waals surface area contributed by atoms with E-state index in [0.717, 1.165) is 36.8 Å². The summed E-state index contributed by atoms with van der Waals surface area (Å²) >= 11 is 0. The summed E-state index contributed by atoms with van der Waals surface area (Å²) in [6.45, 7) is 3.91. The number of ketones is 1. The number of halogens is 1. The number of likely N-dealkylation sites (tertiary alicyclic amines) is 1. The lowest BCUT2D eigenvalue weighted by molar-refractivity contribution is -0.924. The number of phenolic OH excluding ortho intramolecular Hbond substituents is 1. The second-order valence-electron chi connectivity index (χ2n) is 10.2. The number of benzene rings is 1. The number of carbonyl (C=O) groups excluding carboxylic acids is 1. The number of hydrogen-bond acceptors (Lipinski definition) is 5. The Morgan fingerprint density at radius 3 is 2.87 bits per heavy atom. The zero-order chi connectivity index (χ0) is 20.7. The van der Waals surface area contributed by atoms with E-state index in [1.165, 1.54) is 0 Å². The van der Waals surface area contributed by atoms with E-state index < -0.39 is 17.1 Å². The lowest BCUT2D eigenvalue weighted by Crippen LogP contribution is -2.81. The summed E-state index contributed by atoms with van der Waals surface area (Å²) in [5.74, 6) is 1.17. The maximum Gasteiger partial charge on any atom is 0.174 e. The second kappa shape index (κ2) is 7.08. The molecule has 0 amide bonds. The molecular weight excluding hydrogens is 418 g/mol. The summed E-state index contributed by atoms with van der Waals surface area (Å²) in [6, 6.07) is 3.38. The van der Waals surface area contributed by atoms with Crippen LogP contribution in [0.4, 0.5) is 0 Å². The smallest absolute Gasteiger partial charge is 0.174 e. The minimum atomic E-state index is -0.693. The van der Waals surface area contributed by atoms with Gasteiger partial charge in [0.25, 0.3) is 0 Å². The molecule has 2 heterocycles. The van der Waals surface area contributed by atoms with E-state index in [9.17, 15) is 15.1 Å². The number of hydroxylamine groups is 3. The van der Waals surface area contributed by atoms with Gasteiger partial charge in [0.2, 0.25) is 0 Å². The van der Waals surface area contributed by atoms with Crippen LogP contribution >= 0.6 is 12.4 Å². The molecule has 1 aromatic carbocycles. The number of unbranched alkanes of at least 4 members (excludes halogenated alkanes) is 1. The SMILES string of the molecule is CCCCOC12CCC(=O)[C@@H]3Oc4c(O)ccc5c4[C@@]31CC[N@+]([O-])(CC1CC1)[C@@H]2C5.Cl. The first-order chi connectivity index (χ1) is 14.5. The topological polar surface area (TPSA) is 78.8 Å². The summed E-state index contributed by atoms with van der Waals surface area (Å²) in [5.41, 5.74) is 0.694. The van der Waals surface area contributed by atoms with Crippen molar-refractivity contribution < 1.29 is 24.0 Å². The first-order valence-electron chi connectivity index (χ1n) is 11.7. The molecule has 2 bridgehead atoms. The van der Waals surface area contributed by atoms with Crippen LogP contribution in [-0.2, 0) is 21.4 Å². The van der Waals surface area contributed by atoms with Crippen LogP contribution in [0.2, 0.25) is 0 Å². The Kier molecular flexibility index (Phi) is 4.91. The zero-order valence-corrected chi connectivity index (χ0v) is 18.9. The monoisotopic (exact) mass is 449 g/mol. The maximum atomic E-state index is 14.4. The Balaban J connectivity index is 0.00000204. The van der Waals surface area contributed by atoms with Gasteiger partial charge in [0.15, 0.2) is 23.4 Å². The quantitative estimate of drug-likeness (QED) is 0.406. The molecule has 1 spiro atoms. The maximum absolute atomic E-state index is 14.4. The van der Waals surface area contributed by atoms with E-state index in [1.807, 2.05) is 6.07 Å². The number of quaternary nitrogens is 1. The Bertz CT molecular complexity index is 919. The third kappa shape index (κ3) is 2.65. The molecule has 170 valence electrons. The number of nitrogens with zero attached hydrogens (tertiary/aromatic N) is 1. The highest BCUT2D eigenvalue weighted by Crippen LogP contribution is 2.67. The van der Waals surface area contributed by atoms with E-state index in [0.29, 0.717) is 57.0 Å². The van der Waals surface area contributed by atoms with Gasteiger partial charge >= 0.3 is 0 Å². The highest BCUT2D eigenvalue weighted by molar-refractivity contribution is 5.90. The van der Waals surface area contributed by atoms with Crippen LogP contribution < -0.4 is 4.74 Å². The van der Waals surface area contributed by atoms with Gasteiger partial charge < -0.3 is 24.4 Å². The Hall–Kier alpha value is -1.34. The molecule has 3 aliphatic carbocycles. The fourth-order valence-electron chi connectivity index (χ4n) is 7.20. The number of rotatable bonds is 6. The first-order valence-corrected chi connectivity index (χ1v) is 11.7. The van der Waals surface area contributed by atoms with E-state index in [2.05, 4.69) is 6.92 Å². The van der Waals surface area contributed by atoms with Gasteiger partial charge in [-0.3, -0.25) is 4.79 Å². The number of Topliss-reactive ketones (excluding diaryl/α,β-unsaturated/α-hetero) is 1. The van der Waals surface area contributed by atoms with Gasteiger partial charge in [-0.25, -0.2) is 0 Å². The van der Waals surface area contributed by atoms with Gasteiger partial charge in [0, 0.05) is 37.4 Å². The van der Waals surface area contributed by atoms with Crippen LogP contribution in [0.25, 0.3) is 0 Å². The van der Waals surface area contributed by atoms with Gasteiger partial charge in [-0.2, -0.15) is 0 Å².